The maximum Gasteiger partial charge on any atom is 0.255 e. The number of fused-ring (bicyclic) bond motifs is 4. The van der Waals surface area contributed by atoms with Crippen LogP contribution >= 0.6 is 0 Å². The Morgan fingerprint density at radius 1 is 1.32 bits per heavy atom. The number of hydrogen-bond acceptors (Lipinski definition) is 4. The van der Waals surface area contributed by atoms with Gasteiger partial charge in [0.05, 0.1) is 30.6 Å². The maximum absolute atomic E-state index is 12.7. The van der Waals surface area contributed by atoms with Crippen LogP contribution in [0.25, 0.3) is 22.3 Å². The van der Waals surface area contributed by atoms with Crippen molar-refractivity contribution in [1.82, 2.24) is 9.55 Å². The molecule has 0 unspecified atom stereocenters. The van der Waals surface area contributed by atoms with Gasteiger partial charge >= 0.3 is 0 Å². The number of methoxy groups -OCH3 is 1. The van der Waals surface area contributed by atoms with Crippen molar-refractivity contribution in [3.8, 4) is 17.1 Å². The van der Waals surface area contributed by atoms with Crippen LogP contribution in [0.5, 0.6) is 5.75 Å². The summed E-state index contributed by atoms with van der Waals surface area (Å²) in [5, 5.41) is 0.922. The number of pyridine rings is 2. The molecule has 5 nitrogen and oxygen atoms in total. The molecule has 3 heterocycles. The minimum absolute atomic E-state index is 0.0195. The van der Waals surface area contributed by atoms with Crippen LogP contribution in [0.15, 0.2) is 35.1 Å². The lowest BCUT2D eigenvalue weighted by Gasteiger charge is -2.09. The van der Waals surface area contributed by atoms with E-state index in [0.717, 1.165) is 27.9 Å². The zero-order chi connectivity index (χ0) is 17.7. The molecule has 0 atom stereocenters. The van der Waals surface area contributed by atoms with E-state index in [1.807, 2.05) is 30.3 Å². The summed E-state index contributed by atoms with van der Waals surface area (Å²) >= 11 is 0. The summed E-state index contributed by atoms with van der Waals surface area (Å²) in [5.74, 6) is 0.739. The number of ether oxygens (including phenoxy) is 1. The van der Waals surface area contributed by atoms with Gasteiger partial charge in [0.25, 0.3) is 5.56 Å². The van der Waals surface area contributed by atoms with Crippen LogP contribution in [-0.4, -0.2) is 22.4 Å². The fraction of sp³-hybridized carbons (Fsp3) is 0.250. The first kappa shape index (κ1) is 15.6. The standard InChI is InChI=1S/C20H18N2O3/c1-4-17(23)13-9-16-19-12(10-22(16)20(24)11(13)2)8-14-15(21-19)6-5-7-18(14)25-3/h5-9H,4,10H2,1-3H3. The van der Waals surface area contributed by atoms with E-state index in [-0.39, 0.29) is 11.3 Å². The molecule has 0 bridgehead atoms. The lowest BCUT2D eigenvalue weighted by molar-refractivity contribution is 0.0987. The summed E-state index contributed by atoms with van der Waals surface area (Å²) in [6.45, 7) is 3.99. The second kappa shape index (κ2) is 5.55. The molecule has 1 aromatic carbocycles. The van der Waals surface area contributed by atoms with Gasteiger partial charge in [0.15, 0.2) is 5.78 Å². The van der Waals surface area contributed by atoms with Gasteiger partial charge < -0.3 is 9.30 Å². The molecule has 0 fully saturated rings. The van der Waals surface area contributed by atoms with Gasteiger partial charge in [-0.25, -0.2) is 4.98 Å². The Balaban J connectivity index is 2.01. The first-order chi connectivity index (χ1) is 12.0. The second-order valence-electron chi connectivity index (χ2n) is 6.26. The Hall–Kier alpha value is -2.95. The lowest BCUT2D eigenvalue weighted by atomic mass is 10.0. The number of ketones is 1. The van der Waals surface area contributed by atoms with Gasteiger partial charge in [0.2, 0.25) is 0 Å². The van der Waals surface area contributed by atoms with E-state index in [2.05, 4.69) is 0 Å². The molecule has 0 radical (unpaired) electrons. The van der Waals surface area contributed by atoms with E-state index >= 15 is 0 Å². The van der Waals surface area contributed by atoms with Crippen LogP contribution in [0.1, 0.15) is 34.8 Å². The zero-order valence-corrected chi connectivity index (χ0v) is 14.4. The Morgan fingerprint density at radius 2 is 2.12 bits per heavy atom. The third-order valence-corrected chi connectivity index (χ3v) is 4.85. The van der Waals surface area contributed by atoms with Gasteiger partial charge in [0.1, 0.15) is 5.75 Å². The van der Waals surface area contributed by atoms with E-state index in [4.69, 9.17) is 9.72 Å². The van der Waals surface area contributed by atoms with Crippen molar-refractivity contribution in [2.24, 2.45) is 0 Å². The predicted molar refractivity (Wildman–Crippen MR) is 96.5 cm³/mol. The van der Waals surface area contributed by atoms with E-state index in [1.54, 1.807) is 25.5 Å². The third-order valence-electron chi connectivity index (χ3n) is 4.85. The molecule has 0 spiro atoms. The minimum Gasteiger partial charge on any atom is -0.496 e. The summed E-state index contributed by atoms with van der Waals surface area (Å²) in [6, 6.07) is 9.55. The number of carbonyl (C=O) groups is 1. The normalized spacial score (nSPS) is 12.1. The van der Waals surface area contributed by atoms with Gasteiger partial charge in [-0.05, 0) is 31.2 Å². The lowest BCUT2D eigenvalue weighted by Crippen LogP contribution is -2.24. The third kappa shape index (κ3) is 2.19. The van der Waals surface area contributed by atoms with E-state index in [9.17, 15) is 9.59 Å². The van der Waals surface area contributed by atoms with Gasteiger partial charge in [-0.15, -0.1) is 0 Å². The van der Waals surface area contributed by atoms with Crippen LogP contribution in [-0.2, 0) is 6.54 Å². The quantitative estimate of drug-likeness (QED) is 0.539. The summed E-state index contributed by atoms with van der Waals surface area (Å²) in [6.07, 6.45) is 0.374. The Bertz CT molecular complexity index is 1100. The van der Waals surface area contributed by atoms with Gasteiger partial charge in [0, 0.05) is 28.5 Å². The molecular weight excluding hydrogens is 316 g/mol. The van der Waals surface area contributed by atoms with Crippen molar-refractivity contribution in [2.75, 3.05) is 7.11 Å². The molecule has 1 aliphatic heterocycles. The van der Waals surface area contributed by atoms with Crippen molar-refractivity contribution in [1.29, 1.82) is 0 Å². The van der Waals surface area contributed by atoms with Crippen molar-refractivity contribution in [3.63, 3.8) is 0 Å². The molecule has 1 aliphatic rings. The number of Topliss-reactive ketones (excluding diaryl/α,β-unsaturated/α-hetero) is 1. The van der Waals surface area contributed by atoms with Gasteiger partial charge in [-0.3, -0.25) is 9.59 Å². The number of hydrogen-bond donors (Lipinski definition) is 0. The van der Waals surface area contributed by atoms with Crippen molar-refractivity contribution < 1.29 is 9.53 Å². The molecule has 0 saturated heterocycles. The van der Waals surface area contributed by atoms with Crippen LogP contribution in [0.3, 0.4) is 0 Å². The molecular formula is C20H18N2O3. The Kier molecular flexibility index (Phi) is 3.46. The highest BCUT2D eigenvalue weighted by molar-refractivity contribution is 5.98. The summed E-state index contributed by atoms with van der Waals surface area (Å²) < 4.78 is 7.12. The fourth-order valence-corrected chi connectivity index (χ4v) is 3.48. The predicted octanol–water partition coefficient (Wildman–Crippen LogP) is 3.33. The SMILES string of the molecule is CCC(=O)c1cc2n(c(=O)c1C)Cc1cc3c(OC)cccc3nc1-2. The van der Waals surface area contributed by atoms with Crippen LogP contribution in [0.4, 0.5) is 0 Å². The van der Waals surface area contributed by atoms with Gasteiger partial charge in [-0.1, -0.05) is 13.0 Å². The molecule has 5 heteroatoms. The highest BCUT2D eigenvalue weighted by Gasteiger charge is 2.25. The zero-order valence-electron chi connectivity index (χ0n) is 14.4. The fourth-order valence-electron chi connectivity index (χ4n) is 3.48. The largest absolute Gasteiger partial charge is 0.496 e. The second-order valence-corrected chi connectivity index (χ2v) is 6.26. The van der Waals surface area contributed by atoms with Gasteiger partial charge in [-0.2, -0.15) is 0 Å². The first-order valence-corrected chi connectivity index (χ1v) is 8.29. The summed E-state index contributed by atoms with van der Waals surface area (Å²) in [5.41, 5.74) is 4.14. The molecule has 0 aliphatic carbocycles. The molecule has 2 aromatic heterocycles. The summed E-state index contributed by atoms with van der Waals surface area (Å²) in [7, 11) is 1.63. The van der Waals surface area contributed by atoms with E-state index in [0.29, 0.717) is 29.8 Å². The number of carbonyl (C=O) groups excluding carboxylic acids is 1. The molecule has 0 amide bonds. The smallest absolute Gasteiger partial charge is 0.255 e. The molecule has 3 aromatic rings. The van der Waals surface area contributed by atoms with Crippen molar-refractivity contribution in [3.05, 3.63) is 57.4 Å². The monoisotopic (exact) mass is 334 g/mol. The van der Waals surface area contributed by atoms with E-state index < -0.39 is 0 Å². The topological polar surface area (TPSA) is 61.2 Å². The minimum atomic E-state index is -0.122. The average molecular weight is 334 g/mol. The molecule has 4 rings (SSSR count). The van der Waals surface area contributed by atoms with Crippen LogP contribution in [0, 0.1) is 6.92 Å². The number of nitrogens with zero attached hydrogens (tertiary/aromatic N) is 2. The number of aromatic nitrogens is 2. The maximum atomic E-state index is 12.7. The molecule has 0 N–H and O–H groups in total. The van der Waals surface area contributed by atoms with Crippen LogP contribution in [0.2, 0.25) is 0 Å². The van der Waals surface area contributed by atoms with Crippen molar-refractivity contribution in [2.45, 2.75) is 26.8 Å². The van der Waals surface area contributed by atoms with E-state index in [1.165, 1.54) is 0 Å². The molecule has 25 heavy (non-hydrogen) atoms. The van der Waals surface area contributed by atoms with Crippen molar-refractivity contribution >= 4 is 16.7 Å². The number of benzene rings is 1. The van der Waals surface area contributed by atoms with Crippen LogP contribution < -0.4 is 10.3 Å². The summed E-state index contributed by atoms with van der Waals surface area (Å²) in [4.78, 5) is 29.7. The highest BCUT2D eigenvalue weighted by atomic mass is 16.5. The average Bonchev–Trinajstić information content (AvgIpc) is 2.99. The first-order valence-electron chi connectivity index (χ1n) is 8.29. The number of rotatable bonds is 3. The molecule has 126 valence electrons. The highest BCUT2D eigenvalue weighted by Crippen LogP contribution is 2.35. The Morgan fingerprint density at radius 3 is 2.84 bits per heavy atom. The molecule has 0 saturated carbocycles. The Labute approximate surface area is 144 Å².